The number of nitrogens with zero attached hydrogens (tertiary/aromatic N) is 2. The molecule has 0 atom stereocenters. The molecule has 0 saturated heterocycles. The zero-order valence-electron chi connectivity index (χ0n) is 17.0. The number of hydrogen-bond donors (Lipinski definition) is 1. The third kappa shape index (κ3) is 6.17. The Kier molecular flexibility index (Phi) is 7.55. The molecule has 0 aliphatic carbocycles. The van der Waals surface area contributed by atoms with Crippen molar-refractivity contribution < 1.29 is 14.3 Å². The molecule has 0 radical (unpaired) electrons. The molecule has 3 rings (SSSR count). The van der Waals surface area contributed by atoms with E-state index >= 15 is 0 Å². The summed E-state index contributed by atoms with van der Waals surface area (Å²) >= 11 is 0. The third-order valence-corrected chi connectivity index (χ3v) is 4.55. The summed E-state index contributed by atoms with van der Waals surface area (Å²) in [5.74, 6) is -0.102. The molecule has 30 heavy (non-hydrogen) atoms. The van der Waals surface area contributed by atoms with Gasteiger partial charge in [0, 0.05) is 36.7 Å². The molecule has 0 saturated carbocycles. The maximum Gasteiger partial charge on any atom is 0.411 e. The molecule has 2 aromatic carbocycles. The van der Waals surface area contributed by atoms with E-state index < -0.39 is 6.09 Å². The number of nitrogens with one attached hydrogen (secondary N) is 1. The Morgan fingerprint density at radius 1 is 0.967 bits per heavy atom. The zero-order chi connectivity index (χ0) is 21.2. The smallest absolute Gasteiger partial charge is 0.411 e. The van der Waals surface area contributed by atoms with Crippen molar-refractivity contribution in [2.24, 2.45) is 0 Å². The molecule has 6 nitrogen and oxygen atoms in total. The quantitative estimate of drug-likeness (QED) is 0.600. The van der Waals surface area contributed by atoms with Crippen LogP contribution >= 0.6 is 0 Å². The Morgan fingerprint density at radius 2 is 1.73 bits per heavy atom. The van der Waals surface area contributed by atoms with Gasteiger partial charge in [-0.1, -0.05) is 36.4 Å². The van der Waals surface area contributed by atoms with Crippen LogP contribution in [0.25, 0.3) is 0 Å². The van der Waals surface area contributed by atoms with Crippen molar-refractivity contribution in [1.82, 2.24) is 9.88 Å². The van der Waals surface area contributed by atoms with E-state index in [1.54, 1.807) is 43.6 Å². The van der Waals surface area contributed by atoms with E-state index in [-0.39, 0.29) is 12.5 Å². The standard InChI is InChI=1S/C24H25N3O3/c1-2-30-24(29)26-22-10-6-9-21(17-22)23(28)27(18-20-11-14-25-15-12-20)16-13-19-7-4-3-5-8-19/h3-12,14-15,17H,2,13,16,18H2,1H3,(H,26,29). The predicted molar refractivity (Wildman–Crippen MR) is 116 cm³/mol. The second-order valence-electron chi connectivity index (χ2n) is 6.74. The SMILES string of the molecule is CCOC(=O)Nc1cccc(C(=O)N(CCc2ccccc2)Cc2ccncc2)c1. The van der Waals surface area contributed by atoms with Gasteiger partial charge in [0.2, 0.25) is 0 Å². The lowest BCUT2D eigenvalue weighted by Gasteiger charge is -2.23. The summed E-state index contributed by atoms with van der Waals surface area (Å²) in [4.78, 5) is 30.9. The molecule has 6 heteroatoms. The molecule has 3 aromatic rings. The molecule has 0 aliphatic heterocycles. The number of amides is 2. The van der Waals surface area contributed by atoms with Crippen molar-refractivity contribution in [3.05, 3.63) is 95.8 Å². The van der Waals surface area contributed by atoms with Crippen molar-refractivity contribution in [1.29, 1.82) is 0 Å². The van der Waals surface area contributed by atoms with Crippen LogP contribution in [0.2, 0.25) is 0 Å². The van der Waals surface area contributed by atoms with Gasteiger partial charge >= 0.3 is 6.09 Å². The highest BCUT2D eigenvalue weighted by Crippen LogP contribution is 2.16. The molecular weight excluding hydrogens is 378 g/mol. The molecule has 1 aromatic heterocycles. The zero-order valence-corrected chi connectivity index (χ0v) is 17.0. The minimum atomic E-state index is -0.542. The number of pyridine rings is 1. The van der Waals surface area contributed by atoms with E-state index in [9.17, 15) is 9.59 Å². The summed E-state index contributed by atoms with van der Waals surface area (Å²) in [5.41, 5.74) is 3.20. The van der Waals surface area contributed by atoms with Crippen LogP contribution in [0.1, 0.15) is 28.4 Å². The Bertz CT molecular complexity index is 962. The van der Waals surface area contributed by atoms with Gasteiger partial charge in [0.25, 0.3) is 5.91 Å². The molecular formula is C24H25N3O3. The molecule has 2 amide bonds. The number of carbonyl (C=O) groups excluding carboxylic acids is 2. The summed E-state index contributed by atoms with van der Waals surface area (Å²) in [6.45, 7) is 3.07. The topological polar surface area (TPSA) is 71.5 Å². The van der Waals surface area contributed by atoms with E-state index in [1.807, 2.05) is 35.2 Å². The first kappa shape index (κ1) is 21.0. The second-order valence-corrected chi connectivity index (χ2v) is 6.74. The number of aromatic nitrogens is 1. The number of carbonyl (C=O) groups is 2. The van der Waals surface area contributed by atoms with Crippen molar-refractivity contribution in [3.63, 3.8) is 0 Å². The predicted octanol–water partition coefficient (Wildman–Crippen LogP) is 4.54. The first-order valence-electron chi connectivity index (χ1n) is 9.91. The fraction of sp³-hybridized carbons (Fsp3) is 0.208. The van der Waals surface area contributed by atoms with Crippen molar-refractivity contribution in [2.75, 3.05) is 18.5 Å². The van der Waals surface area contributed by atoms with E-state index in [4.69, 9.17) is 4.74 Å². The summed E-state index contributed by atoms with van der Waals surface area (Å²) in [6.07, 6.45) is 3.65. The molecule has 1 N–H and O–H groups in total. The molecule has 1 heterocycles. The number of hydrogen-bond acceptors (Lipinski definition) is 4. The molecule has 0 fully saturated rings. The first-order valence-corrected chi connectivity index (χ1v) is 9.91. The van der Waals surface area contributed by atoms with Crippen LogP contribution in [0.5, 0.6) is 0 Å². The molecule has 0 spiro atoms. The molecule has 154 valence electrons. The van der Waals surface area contributed by atoms with Gasteiger partial charge < -0.3 is 9.64 Å². The minimum absolute atomic E-state index is 0.102. The van der Waals surface area contributed by atoms with Crippen LogP contribution in [0.4, 0.5) is 10.5 Å². The summed E-state index contributed by atoms with van der Waals surface area (Å²) in [5, 5.41) is 2.64. The lowest BCUT2D eigenvalue weighted by molar-refractivity contribution is 0.0745. The van der Waals surface area contributed by atoms with Gasteiger partial charge in [-0.05, 0) is 54.8 Å². The lowest BCUT2D eigenvalue weighted by atomic mass is 10.1. The van der Waals surface area contributed by atoms with Crippen molar-refractivity contribution in [3.8, 4) is 0 Å². The van der Waals surface area contributed by atoms with Crippen molar-refractivity contribution in [2.45, 2.75) is 19.9 Å². The van der Waals surface area contributed by atoms with Crippen LogP contribution in [-0.2, 0) is 17.7 Å². The molecule has 0 bridgehead atoms. The number of anilines is 1. The highest BCUT2D eigenvalue weighted by atomic mass is 16.5. The summed E-state index contributed by atoms with van der Waals surface area (Å²) in [6, 6.07) is 20.8. The van der Waals surface area contributed by atoms with E-state index in [2.05, 4.69) is 22.4 Å². The number of benzene rings is 2. The Labute approximate surface area is 176 Å². The van der Waals surface area contributed by atoms with Crippen LogP contribution in [-0.4, -0.2) is 35.0 Å². The highest BCUT2D eigenvalue weighted by molar-refractivity contribution is 5.96. The van der Waals surface area contributed by atoms with E-state index in [1.165, 1.54) is 5.56 Å². The Balaban J connectivity index is 1.77. The number of ether oxygens (including phenoxy) is 1. The highest BCUT2D eigenvalue weighted by Gasteiger charge is 2.17. The summed E-state index contributed by atoms with van der Waals surface area (Å²) < 4.78 is 4.91. The van der Waals surface area contributed by atoms with Crippen LogP contribution in [0.3, 0.4) is 0 Å². The van der Waals surface area contributed by atoms with Crippen LogP contribution in [0.15, 0.2) is 79.1 Å². The average Bonchev–Trinajstić information content (AvgIpc) is 2.78. The fourth-order valence-corrected chi connectivity index (χ4v) is 3.07. The lowest BCUT2D eigenvalue weighted by Crippen LogP contribution is -2.32. The van der Waals surface area contributed by atoms with Crippen LogP contribution < -0.4 is 5.32 Å². The largest absolute Gasteiger partial charge is 0.450 e. The first-order chi connectivity index (χ1) is 14.7. The average molecular weight is 403 g/mol. The second kappa shape index (κ2) is 10.8. The van der Waals surface area contributed by atoms with Gasteiger partial charge in [0.1, 0.15) is 0 Å². The monoisotopic (exact) mass is 403 g/mol. The van der Waals surface area contributed by atoms with Crippen LogP contribution in [0, 0.1) is 0 Å². The van der Waals surface area contributed by atoms with E-state index in [0.29, 0.717) is 24.3 Å². The minimum Gasteiger partial charge on any atom is -0.450 e. The maximum absolute atomic E-state index is 13.3. The molecule has 0 aliphatic rings. The Hall–Kier alpha value is -3.67. The van der Waals surface area contributed by atoms with E-state index in [0.717, 1.165) is 12.0 Å². The van der Waals surface area contributed by atoms with Gasteiger partial charge in [-0.15, -0.1) is 0 Å². The van der Waals surface area contributed by atoms with Gasteiger partial charge in [0.15, 0.2) is 0 Å². The van der Waals surface area contributed by atoms with Crippen molar-refractivity contribution >= 4 is 17.7 Å². The van der Waals surface area contributed by atoms with Gasteiger partial charge in [-0.3, -0.25) is 15.1 Å². The van der Waals surface area contributed by atoms with Gasteiger partial charge in [-0.25, -0.2) is 4.79 Å². The Morgan fingerprint density at radius 3 is 2.47 bits per heavy atom. The van der Waals surface area contributed by atoms with Gasteiger partial charge in [0.05, 0.1) is 6.61 Å². The fourth-order valence-electron chi connectivity index (χ4n) is 3.07. The normalized spacial score (nSPS) is 10.3. The maximum atomic E-state index is 13.3. The summed E-state index contributed by atoms with van der Waals surface area (Å²) in [7, 11) is 0. The number of rotatable bonds is 8. The van der Waals surface area contributed by atoms with Gasteiger partial charge in [-0.2, -0.15) is 0 Å². The third-order valence-electron chi connectivity index (χ3n) is 4.55. The molecule has 0 unspecified atom stereocenters.